The van der Waals surface area contributed by atoms with Gasteiger partial charge in [0.2, 0.25) is 0 Å². The van der Waals surface area contributed by atoms with Crippen LogP contribution in [0.4, 0.5) is 0 Å². The van der Waals surface area contributed by atoms with E-state index in [0.29, 0.717) is 18.2 Å². The summed E-state index contributed by atoms with van der Waals surface area (Å²) in [6, 6.07) is 1.32. The summed E-state index contributed by atoms with van der Waals surface area (Å²) in [6.45, 7) is 12.4. The van der Waals surface area contributed by atoms with Gasteiger partial charge < -0.3 is 10.1 Å². The standard InChI is InChI=1S/C14H30N2O/c1-6-11(3)14-10-16(9-12(4)17-5)13(7-2)8-15-14/h11-15H,6-10H2,1-5H3. The lowest BCUT2D eigenvalue weighted by atomic mass is 9.94. The van der Waals surface area contributed by atoms with Crippen LogP contribution in [0.2, 0.25) is 0 Å². The molecular weight excluding hydrogens is 212 g/mol. The van der Waals surface area contributed by atoms with E-state index in [4.69, 9.17) is 4.74 Å². The maximum atomic E-state index is 5.41. The highest BCUT2D eigenvalue weighted by molar-refractivity contribution is 4.88. The Kier molecular flexibility index (Phi) is 6.45. The summed E-state index contributed by atoms with van der Waals surface area (Å²) in [4.78, 5) is 2.61. The molecule has 4 unspecified atom stereocenters. The zero-order chi connectivity index (χ0) is 12.8. The van der Waals surface area contributed by atoms with Crippen molar-refractivity contribution in [2.24, 2.45) is 5.92 Å². The smallest absolute Gasteiger partial charge is 0.0670 e. The molecule has 1 aliphatic rings. The molecule has 0 aromatic rings. The van der Waals surface area contributed by atoms with Crippen LogP contribution in [-0.2, 0) is 4.74 Å². The third-order valence-corrected chi connectivity index (χ3v) is 4.26. The molecule has 0 radical (unpaired) electrons. The third kappa shape index (κ3) is 4.23. The van der Waals surface area contributed by atoms with Gasteiger partial charge in [-0.25, -0.2) is 0 Å². The van der Waals surface area contributed by atoms with Crippen molar-refractivity contribution in [3.8, 4) is 0 Å². The fraction of sp³-hybridized carbons (Fsp3) is 1.00. The zero-order valence-electron chi connectivity index (χ0n) is 12.2. The Balaban J connectivity index is 2.55. The van der Waals surface area contributed by atoms with E-state index in [-0.39, 0.29) is 0 Å². The summed E-state index contributed by atoms with van der Waals surface area (Å²) < 4.78 is 5.41. The normalized spacial score (nSPS) is 30.2. The van der Waals surface area contributed by atoms with E-state index in [1.807, 2.05) is 0 Å². The van der Waals surface area contributed by atoms with Crippen molar-refractivity contribution in [2.75, 3.05) is 26.7 Å². The van der Waals surface area contributed by atoms with Crippen molar-refractivity contribution >= 4 is 0 Å². The first-order valence-corrected chi connectivity index (χ1v) is 7.12. The van der Waals surface area contributed by atoms with Crippen LogP contribution < -0.4 is 5.32 Å². The minimum absolute atomic E-state index is 0.333. The first-order valence-electron chi connectivity index (χ1n) is 7.12. The lowest BCUT2D eigenvalue weighted by Crippen LogP contribution is -2.59. The molecule has 3 nitrogen and oxygen atoms in total. The maximum Gasteiger partial charge on any atom is 0.0670 e. The molecule has 1 saturated heterocycles. The second kappa shape index (κ2) is 7.34. The van der Waals surface area contributed by atoms with Crippen LogP contribution in [-0.4, -0.2) is 49.8 Å². The number of piperazine rings is 1. The molecule has 4 atom stereocenters. The molecule has 3 heteroatoms. The average molecular weight is 242 g/mol. The number of rotatable bonds is 6. The van der Waals surface area contributed by atoms with Gasteiger partial charge in [-0.3, -0.25) is 4.90 Å². The van der Waals surface area contributed by atoms with Crippen molar-refractivity contribution in [2.45, 2.75) is 58.7 Å². The Morgan fingerprint density at radius 2 is 2.06 bits per heavy atom. The van der Waals surface area contributed by atoms with Crippen LogP contribution in [0.1, 0.15) is 40.5 Å². The SMILES string of the molecule is CCC(C)C1CN(CC(C)OC)C(CC)CN1. The van der Waals surface area contributed by atoms with Gasteiger partial charge in [0.15, 0.2) is 0 Å². The summed E-state index contributed by atoms with van der Waals surface area (Å²) in [5, 5.41) is 3.71. The van der Waals surface area contributed by atoms with Crippen LogP contribution in [0.3, 0.4) is 0 Å². The Bertz CT molecular complexity index is 210. The van der Waals surface area contributed by atoms with Gasteiger partial charge in [0.1, 0.15) is 0 Å². The van der Waals surface area contributed by atoms with Gasteiger partial charge in [-0.2, -0.15) is 0 Å². The lowest BCUT2D eigenvalue weighted by Gasteiger charge is -2.43. The van der Waals surface area contributed by atoms with E-state index in [2.05, 4.69) is 37.9 Å². The van der Waals surface area contributed by atoms with Crippen LogP contribution in [0.15, 0.2) is 0 Å². The molecule has 0 aromatic heterocycles. The molecule has 0 aliphatic carbocycles. The molecule has 1 N–H and O–H groups in total. The first-order chi connectivity index (χ1) is 8.12. The summed E-state index contributed by atoms with van der Waals surface area (Å²) >= 11 is 0. The van der Waals surface area contributed by atoms with Crippen molar-refractivity contribution in [1.82, 2.24) is 10.2 Å². The fourth-order valence-electron chi connectivity index (χ4n) is 2.58. The number of nitrogens with zero attached hydrogens (tertiary/aromatic N) is 1. The molecule has 1 heterocycles. The number of hydrogen-bond donors (Lipinski definition) is 1. The van der Waals surface area contributed by atoms with Gasteiger partial charge in [-0.1, -0.05) is 27.2 Å². The Hall–Kier alpha value is -0.120. The van der Waals surface area contributed by atoms with Gasteiger partial charge in [0.05, 0.1) is 6.10 Å². The Morgan fingerprint density at radius 3 is 2.59 bits per heavy atom. The van der Waals surface area contributed by atoms with Gasteiger partial charge >= 0.3 is 0 Å². The van der Waals surface area contributed by atoms with Crippen LogP contribution in [0, 0.1) is 5.92 Å². The molecule has 0 bridgehead atoms. The van der Waals surface area contributed by atoms with Crippen molar-refractivity contribution in [3.05, 3.63) is 0 Å². The number of nitrogens with one attached hydrogen (secondary N) is 1. The topological polar surface area (TPSA) is 24.5 Å². The van der Waals surface area contributed by atoms with Gasteiger partial charge in [0.25, 0.3) is 0 Å². The van der Waals surface area contributed by atoms with Crippen molar-refractivity contribution in [3.63, 3.8) is 0 Å². The fourth-order valence-corrected chi connectivity index (χ4v) is 2.58. The van der Waals surface area contributed by atoms with Crippen LogP contribution >= 0.6 is 0 Å². The average Bonchev–Trinajstić information content (AvgIpc) is 2.37. The molecule has 1 fully saturated rings. The van der Waals surface area contributed by atoms with Gasteiger partial charge in [0, 0.05) is 38.8 Å². The molecule has 0 aromatic carbocycles. The monoisotopic (exact) mass is 242 g/mol. The molecule has 1 aliphatic heterocycles. The maximum absolute atomic E-state index is 5.41. The van der Waals surface area contributed by atoms with Crippen LogP contribution in [0.5, 0.6) is 0 Å². The second-order valence-corrected chi connectivity index (χ2v) is 5.46. The van der Waals surface area contributed by atoms with E-state index in [1.54, 1.807) is 7.11 Å². The molecule has 17 heavy (non-hydrogen) atoms. The largest absolute Gasteiger partial charge is 0.380 e. The molecule has 1 rings (SSSR count). The highest BCUT2D eigenvalue weighted by Gasteiger charge is 2.29. The molecule has 0 spiro atoms. The number of ether oxygens (including phenoxy) is 1. The summed E-state index contributed by atoms with van der Waals surface area (Å²) in [5.41, 5.74) is 0. The van der Waals surface area contributed by atoms with E-state index in [0.717, 1.165) is 19.0 Å². The highest BCUT2D eigenvalue weighted by atomic mass is 16.5. The van der Waals surface area contributed by atoms with E-state index in [9.17, 15) is 0 Å². The Labute approximate surface area is 107 Å². The lowest BCUT2D eigenvalue weighted by molar-refractivity contribution is 0.0335. The van der Waals surface area contributed by atoms with Crippen molar-refractivity contribution < 1.29 is 4.74 Å². The molecule has 102 valence electrons. The summed E-state index contributed by atoms with van der Waals surface area (Å²) in [7, 11) is 1.81. The minimum atomic E-state index is 0.333. The number of methoxy groups -OCH3 is 1. The summed E-state index contributed by atoms with van der Waals surface area (Å²) in [6.07, 6.45) is 2.80. The molecule has 0 amide bonds. The molecular formula is C14H30N2O. The van der Waals surface area contributed by atoms with Gasteiger partial charge in [-0.05, 0) is 19.3 Å². The predicted octanol–water partition coefficient (Wildman–Crippen LogP) is 2.12. The molecule has 0 saturated carbocycles. The summed E-state index contributed by atoms with van der Waals surface area (Å²) in [5.74, 6) is 0.758. The van der Waals surface area contributed by atoms with E-state index >= 15 is 0 Å². The highest BCUT2D eigenvalue weighted by Crippen LogP contribution is 2.17. The van der Waals surface area contributed by atoms with E-state index in [1.165, 1.54) is 19.4 Å². The quantitative estimate of drug-likeness (QED) is 0.772. The Morgan fingerprint density at radius 1 is 1.35 bits per heavy atom. The second-order valence-electron chi connectivity index (χ2n) is 5.46. The third-order valence-electron chi connectivity index (χ3n) is 4.26. The number of hydrogen-bond acceptors (Lipinski definition) is 3. The van der Waals surface area contributed by atoms with Crippen LogP contribution in [0.25, 0.3) is 0 Å². The van der Waals surface area contributed by atoms with Crippen molar-refractivity contribution in [1.29, 1.82) is 0 Å². The zero-order valence-corrected chi connectivity index (χ0v) is 12.2. The van der Waals surface area contributed by atoms with E-state index < -0.39 is 0 Å². The minimum Gasteiger partial charge on any atom is -0.380 e. The predicted molar refractivity (Wildman–Crippen MR) is 73.4 cm³/mol. The first kappa shape index (κ1) is 14.9. The van der Waals surface area contributed by atoms with Gasteiger partial charge in [-0.15, -0.1) is 0 Å².